The number of rotatable bonds is 1. The molecule has 0 fully saturated rings. The Morgan fingerprint density at radius 3 is 2.74 bits per heavy atom. The Balaban J connectivity index is 1.99. The maximum absolute atomic E-state index is 4.21. The van der Waals surface area contributed by atoms with Crippen LogP contribution >= 0.6 is 0 Å². The zero-order valence-electron chi connectivity index (χ0n) is 10.3. The number of H-pyrrole nitrogens is 1. The van der Waals surface area contributed by atoms with Crippen LogP contribution in [0.5, 0.6) is 0 Å². The molecular weight excluding hydrogens is 232 g/mol. The molecule has 2 nitrogen and oxygen atoms in total. The first-order valence-electron chi connectivity index (χ1n) is 6.32. The molecule has 0 aliphatic carbocycles. The summed E-state index contributed by atoms with van der Waals surface area (Å²) in [5.41, 5.74) is 3.55. The monoisotopic (exact) mass is 244 g/mol. The molecule has 2 heteroatoms. The van der Waals surface area contributed by atoms with Gasteiger partial charge >= 0.3 is 0 Å². The molecule has 0 unspecified atom stereocenters. The molecule has 4 aromatic rings. The minimum atomic E-state index is 1.12. The lowest BCUT2D eigenvalue weighted by atomic mass is 10.0. The molecule has 0 radical (unpaired) electrons. The van der Waals surface area contributed by atoms with E-state index in [0.29, 0.717) is 0 Å². The highest BCUT2D eigenvalue weighted by molar-refractivity contribution is 5.97. The van der Waals surface area contributed by atoms with Crippen LogP contribution in [0, 0.1) is 0 Å². The van der Waals surface area contributed by atoms with Gasteiger partial charge in [0.05, 0.1) is 0 Å². The molecule has 0 amide bonds. The largest absolute Gasteiger partial charge is 0.360 e. The second-order valence-electron chi connectivity index (χ2n) is 4.69. The van der Waals surface area contributed by atoms with E-state index in [1.165, 1.54) is 21.9 Å². The second-order valence-corrected chi connectivity index (χ2v) is 4.69. The van der Waals surface area contributed by atoms with Crippen LogP contribution in [0.1, 0.15) is 0 Å². The minimum Gasteiger partial charge on any atom is -0.360 e. The molecule has 2 aromatic heterocycles. The number of nitrogens with one attached hydrogen (secondary N) is 1. The van der Waals surface area contributed by atoms with Gasteiger partial charge in [-0.3, -0.25) is 4.98 Å². The average Bonchev–Trinajstić information content (AvgIpc) is 2.91. The molecular formula is C17H12N2. The van der Waals surface area contributed by atoms with E-state index in [-0.39, 0.29) is 0 Å². The van der Waals surface area contributed by atoms with E-state index in [4.69, 9.17) is 0 Å². The first-order valence-corrected chi connectivity index (χ1v) is 6.32. The van der Waals surface area contributed by atoms with E-state index in [1.54, 1.807) is 0 Å². The zero-order valence-corrected chi connectivity index (χ0v) is 10.3. The molecule has 0 spiro atoms. The van der Waals surface area contributed by atoms with Crippen molar-refractivity contribution in [3.05, 3.63) is 67.1 Å². The molecule has 19 heavy (non-hydrogen) atoms. The van der Waals surface area contributed by atoms with E-state index in [9.17, 15) is 0 Å². The minimum absolute atomic E-state index is 1.12. The summed E-state index contributed by atoms with van der Waals surface area (Å²) in [5.74, 6) is 0. The highest BCUT2D eigenvalue weighted by atomic mass is 14.7. The van der Waals surface area contributed by atoms with E-state index >= 15 is 0 Å². The maximum atomic E-state index is 4.21. The lowest BCUT2D eigenvalue weighted by Gasteiger charge is -2.02. The number of hydrogen-bond donors (Lipinski definition) is 1. The van der Waals surface area contributed by atoms with E-state index in [2.05, 4.69) is 58.6 Å². The van der Waals surface area contributed by atoms with Crippen molar-refractivity contribution in [2.45, 2.75) is 0 Å². The summed E-state index contributed by atoms with van der Waals surface area (Å²) < 4.78 is 0. The number of pyridine rings is 1. The van der Waals surface area contributed by atoms with Crippen LogP contribution in [0.2, 0.25) is 0 Å². The lowest BCUT2D eigenvalue weighted by molar-refractivity contribution is 1.36. The fourth-order valence-electron chi connectivity index (χ4n) is 2.56. The maximum Gasteiger partial charge on any atom is 0.0491 e. The number of aromatic nitrogens is 2. The molecule has 0 saturated carbocycles. The highest BCUT2D eigenvalue weighted by Crippen LogP contribution is 2.30. The summed E-state index contributed by atoms with van der Waals surface area (Å²) in [4.78, 5) is 7.51. The van der Waals surface area contributed by atoms with Crippen molar-refractivity contribution in [3.63, 3.8) is 0 Å². The molecule has 1 N–H and O–H groups in total. The number of benzene rings is 2. The summed E-state index contributed by atoms with van der Waals surface area (Å²) in [6, 6.07) is 17.0. The van der Waals surface area contributed by atoms with E-state index < -0.39 is 0 Å². The third-order valence-electron chi connectivity index (χ3n) is 3.54. The molecule has 2 heterocycles. The van der Waals surface area contributed by atoms with Gasteiger partial charge in [-0.1, -0.05) is 36.4 Å². The second kappa shape index (κ2) is 3.95. The summed E-state index contributed by atoms with van der Waals surface area (Å²) >= 11 is 0. The van der Waals surface area contributed by atoms with Gasteiger partial charge in [-0.25, -0.2) is 0 Å². The molecule has 4 rings (SSSR count). The predicted octanol–water partition coefficient (Wildman–Crippen LogP) is 4.38. The van der Waals surface area contributed by atoms with Crippen molar-refractivity contribution in [1.82, 2.24) is 9.97 Å². The Bertz CT molecular complexity index is 874. The summed E-state index contributed by atoms with van der Waals surface area (Å²) in [6.07, 6.45) is 5.77. The van der Waals surface area contributed by atoms with Crippen LogP contribution in [0.15, 0.2) is 67.1 Å². The number of fused-ring (bicyclic) bond motifs is 2. The van der Waals surface area contributed by atoms with Crippen LogP contribution in [0.3, 0.4) is 0 Å². The average molecular weight is 244 g/mol. The van der Waals surface area contributed by atoms with Crippen LogP contribution < -0.4 is 0 Å². The fraction of sp³-hybridized carbons (Fsp3) is 0. The van der Waals surface area contributed by atoms with Crippen molar-refractivity contribution in [2.75, 3.05) is 0 Å². The first kappa shape index (κ1) is 10.3. The first-order chi connectivity index (χ1) is 9.42. The lowest BCUT2D eigenvalue weighted by Crippen LogP contribution is -1.78. The number of nitrogens with zero attached hydrogens (tertiary/aromatic N) is 1. The SMILES string of the molecule is c1ccc2cc(-c3c[nH]c4ccncc34)ccc2c1. The smallest absolute Gasteiger partial charge is 0.0491 e. The van der Waals surface area contributed by atoms with Gasteiger partial charge in [-0.05, 0) is 28.5 Å². The van der Waals surface area contributed by atoms with E-state index in [0.717, 1.165) is 10.9 Å². The zero-order chi connectivity index (χ0) is 12.7. The van der Waals surface area contributed by atoms with Gasteiger partial charge < -0.3 is 4.98 Å². The Labute approximate surface area is 110 Å². The Morgan fingerprint density at radius 2 is 1.79 bits per heavy atom. The number of hydrogen-bond acceptors (Lipinski definition) is 1. The fourth-order valence-corrected chi connectivity index (χ4v) is 2.56. The topological polar surface area (TPSA) is 28.7 Å². The summed E-state index contributed by atoms with van der Waals surface area (Å²) in [7, 11) is 0. The molecule has 90 valence electrons. The summed E-state index contributed by atoms with van der Waals surface area (Å²) in [6.45, 7) is 0. The third-order valence-corrected chi connectivity index (χ3v) is 3.54. The van der Waals surface area contributed by atoms with Gasteiger partial charge in [-0.2, -0.15) is 0 Å². The van der Waals surface area contributed by atoms with Gasteiger partial charge in [0.1, 0.15) is 0 Å². The molecule has 0 atom stereocenters. The standard InChI is InChI=1S/C17H12N2/c1-2-4-13-9-14(6-5-12(13)3-1)15-11-19-17-7-8-18-10-16(15)17/h1-11,19H. The van der Waals surface area contributed by atoms with Crippen molar-refractivity contribution in [1.29, 1.82) is 0 Å². The predicted molar refractivity (Wildman–Crippen MR) is 79.0 cm³/mol. The third kappa shape index (κ3) is 1.61. The normalized spacial score (nSPS) is 11.2. The quantitative estimate of drug-likeness (QED) is 0.528. The van der Waals surface area contributed by atoms with Gasteiger partial charge in [0.2, 0.25) is 0 Å². The van der Waals surface area contributed by atoms with E-state index in [1.807, 2.05) is 18.5 Å². The molecule has 0 saturated heterocycles. The Hall–Kier alpha value is -2.61. The molecule has 0 bridgehead atoms. The Morgan fingerprint density at radius 1 is 0.895 bits per heavy atom. The van der Waals surface area contributed by atoms with Gasteiger partial charge in [0.25, 0.3) is 0 Å². The van der Waals surface area contributed by atoms with Crippen molar-refractivity contribution >= 4 is 21.7 Å². The highest BCUT2D eigenvalue weighted by Gasteiger charge is 2.06. The van der Waals surface area contributed by atoms with Crippen LogP contribution in [-0.4, -0.2) is 9.97 Å². The van der Waals surface area contributed by atoms with Gasteiger partial charge in [-0.15, -0.1) is 0 Å². The van der Waals surface area contributed by atoms with Gasteiger partial charge in [0.15, 0.2) is 0 Å². The van der Waals surface area contributed by atoms with Crippen molar-refractivity contribution in [2.24, 2.45) is 0 Å². The van der Waals surface area contributed by atoms with Crippen molar-refractivity contribution < 1.29 is 0 Å². The van der Waals surface area contributed by atoms with Gasteiger partial charge in [0, 0.05) is 35.1 Å². The van der Waals surface area contributed by atoms with Crippen molar-refractivity contribution in [3.8, 4) is 11.1 Å². The Kier molecular flexibility index (Phi) is 2.15. The number of aromatic amines is 1. The van der Waals surface area contributed by atoms with Crippen LogP contribution in [-0.2, 0) is 0 Å². The van der Waals surface area contributed by atoms with Crippen LogP contribution in [0.25, 0.3) is 32.8 Å². The van der Waals surface area contributed by atoms with Crippen LogP contribution in [0.4, 0.5) is 0 Å². The molecule has 0 aliphatic heterocycles. The molecule has 2 aromatic carbocycles. The molecule has 0 aliphatic rings. The summed E-state index contributed by atoms with van der Waals surface area (Å²) in [5, 5.41) is 3.69.